The summed E-state index contributed by atoms with van der Waals surface area (Å²) in [5.41, 5.74) is 3.83. The van der Waals surface area contributed by atoms with Crippen molar-refractivity contribution in [2.75, 3.05) is 13.7 Å². The number of hydrogen-bond acceptors (Lipinski definition) is 5. The van der Waals surface area contributed by atoms with E-state index < -0.39 is 0 Å². The van der Waals surface area contributed by atoms with Gasteiger partial charge in [-0.25, -0.2) is 9.67 Å². The molecule has 0 radical (unpaired) electrons. The van der Waals surface area contributed by atoms with Crippen molar-refractivity contribution in [2.45, 2.75) is 20.4 Å². The van der Waals surface area contributed by atoms with E-state index in [4.69, 9.17) is 4.74 Å². The summed E-state index contributed by atoms with van der Waals surface area (Å²) in [6.07, 6.45) is 3.59. The van der Waals surface area contributed by atoms with E-state index >= 15 is 0 Å². The van der Waals surface area contributed by atoms with Gasteiger partial charge in [0.1, 0.15) is 5.69 Å². The summed E-state index contributed by atoms with van der Waals surface area (Å²) in [7, 11) is 1.68. The van der Waals surface area contributed by atoms with Crippen molar-refractivity contribution in [2.24, 2.45) is 0 Å². The zero-order chi connectivity index (χ0) is 16.2. The van der Waals surface area contributed by atoms with E-state index in [0.717, 1.165) is 28.3 Å². The lowest BCUT2D eigenvalue weighted by Gasteiger charge is -2.07. The molecular formula is C17H19N5O. The van der Waals surface area contributed by atoms with E-state index in [1.165, 1.54) is 0 Å². The van der Waals surface area contributed by atoms with Crippen molar-refractivity contribution >= 4 is 0 Å². The first-order chi connectivity index (χ1) is 11.2. The second-order valence-corrected chi connectivity index (χ2v) is 5.33. The van der Waals surface area contributed by atoms with Gasteiger partial charge in [0.05, 0.1) is 13.2 Å². The van der Waals surface area contributed by atoms with Crippen LogP contribution in [0.3, 0.4) is 0 Å². The predicted octanol–water partition coefficient (Wildman–Crippen LogP) is 2.67. The molecule has 0 aliphatic carbocycles. The third-order valence-electron chi connectivity index (χ3n) is 3.56. The molecule has 0 fully saturated rings. The Kier molecular flexibility index (Phi) is 4.43. The molecule has 0 amide bonds. The van der Waals surface area contributed by atoms with Crippen molar-refractivity contribution in [1.82, 2.24) is 24.7 Å². The molecule has 0 spiro atoms. The topological polar surface area (TPSA) is 65.7 Å². The Morgan fingerprint density at radius 3 is 2.74 bits per heavy atom. The van der Waals surface area contributed by atoms with Crippen molar-refractivity contribution in [3.8, 4) is 22.9 Å². The van der Waals surface area contributed by atoms with Crippen LogP contribution in [-0.4, -0.2) is 38.4 Å². The van der Waals surface area contributed by atoms with E-state index in [2.05, 4.69) is 27.0 Å². The molecule has 3 aromatic rings. The lowest BCUT2D eigenvalue weighted by atomic mass is 10.1. The summed E-state index contributed by atoms with van der Waals surface area (Å²) in [6.45, 7) is 5.22. The van der Waals surface area contributed by atoms with Crippen LogP contribution >= 0.6 is 0 Å². The molecule has 0 aromatic carbocycles. The van der Waals surface area contributed by atoms with Crippen LogP contribution in [-0.2, 0) is 11.3 Å². The molecule has 3 aromatic heterocycles. The number of pyridine rings is 2. The molecule has 118 valence electrons. The fourth-order valence-corrected chi connectivity index (χ4v) is 2.41. The van der Waals surface area contributed by atoms with E-state index in [-0.39, 0.29) is 0 Å². The number of methoxy groups -OCH3 is 1. The van der Waals surface area contributed by atoms with Gasteiger partial charge in [-0.2, -0.15) is 0 Å². The highest BCUT2D eigenvalue weighted by Crippen LogP contribution is 2.24. The third kappa shape index (κ3) is 3.27. The Hall–Kier alpha value is -2.60. The maximum atomic E-state index is 5.18. The van der Waals surface area contributed by atoms with E-state index in [1.54, 1.807) is 13.3 Å². The van der Waals surface area contributed by atoms with Gasteiger partial charge in [-0.1, -0.05) is 6.07 Å². The lowest BCUT2D eigenvalue weighted by molar-refractivity contribution is 0.184. The molecular weight excluding hydrogens is 290 g/mol. The Morgan fingerprint density at radius 1 is 1.17 bits per heavy atom. The molecule has 0 atom stereocenters. The zero-order valence-electron chi connectivity index (χ0n) is 13.5. The molecule has 0 saturated carbocycles. The van der Waals surface area contributed by atoms with Crippen LogP contribution in [0.5, 0.6) is 0 Å². The van der Waals surface area contributed by atoms with Crippen molar-refractivity contribution in [3.63, 3.8) is 0 Å². The Labute approximate surface area is 135 Å². The summed E-state index contributed by atoms with van der Waals surface area (Å²) in [6, 6.07) is 7.75. The maximum absolute atomic E-state index is 5.18. The molecule has 6 heteroatoms. The number of aryl methyl sites for hydroxylation is 2. The van der Waals surface area contributed by atoms with Crippen LogP contribution in [0.2, 0.25) is 0 Å². The SMILES string of the molecule is COCCn1nc(-c2ccccn2)nc1-c1cnc(C)cc1C. The van der Waals surface area contributed by atoms with Crippen molar-refractivity contribution in [1.29, 1.82) is 0 Å². The molecule has 0 saturated heterocycles. The summed E-state index contributed by atoms with van der Waals surface area (Å²) < 4.78 is 7.04. The highest BCUT2D eigenvalue weighted by atomic mass is 16.5. The number of ether oxygens (including phenoxy) is 1. The number of rotatable bonds is 5. The van der Waals surface area contributed by atoms with Gasteiger partial charge < -0.3 is 4.74 Å². The van der Waals surface area contributed by atoms with Crippen LogP contribution in [0.15, 0.2) is 36.7 Å². The third-order valence-corrected chi connectivity index (χ3v) is 3.56. The standard InChI is InChI=1S/C17H19N5O/c1-12-10-13(2)19-11-14(12)17-20-16(15-6-4-5-7-18-15)21-22(17)8-9-23-3/h4-7,10-11H,8-9H2,1-3H3. The molecule has 0 aliphatic heterocycles. The van der Waals surface area contributed by atoms with Crippen LogP contribution in [0.4, 0.5) is 0 Å². The Bertz CT molecular complexity index is 798. The minimum Gasteiger partial charge on any atom is -0.383 e. The summed E-state index contributed by atoms with van der Waals surface area (Å²) in [5, 5.41) is 4.59. The number of aromatic nitrogens is 5. The minimum atomic E-state index is 0.566. The van der Waals surface area contributed by atoms with E-state index in [9.17, 15) is 0 Å². The van der Waals surface area contributed by atoms with Gasteiger partial charge in [-0.15, -0.1) is 5.10 Å². The summed E-state index contributed by atoms with van der Waals surface area (Å²) >= 11 is 0. The molecule has 23 heavy (non-hydrogen) atoms. The van der Waals surface area contributed by atoms with E-state index in [1.807, 2.05) is 42.1 Å². The van der Waals surface area contributed by atoms with Crippen molar-refractivity contribution in [3.05, 3.63) is 47.9 Å². The number of nitrogens with zero attached hydrogens (tertiary/aromatic N) is 5. The van der Waals surface area contributed by atoms with Gasteiger partial charge in [0.25, 0.3) is 0 Å². The fraction of sp³-hybridized carbons (Fsp3) is 0.294. The smallest absolute Gasteiger partial charge is 0.200 e. The highest BCUT2D eigenvalue weighted by molar-refractivity contribution is 5.62. The molecule has 3 rings (SSSR count). The molecule has 6 nitrogen and oxygen atoms in total. The summed E-state index contributed by atoms with van der Waals surface area (Å²) in [5.74, 6) is 1.39. The first-order valence-electron chi connectivity index (χ1n) is 7.48. The highest BCUT2D eigenvalue weighted by Gasteiger charge is 2.16. The normalized spacial score (nSPS) is 10.9. The average molecular weight is 309 g/mol. The molecule has 3 heterocycles. The first kappa shape index (κ1) is 15.3. The van der Waals surface area contributed by atoms with E-state index in [0.29, 0.717) is 19.0 Å². The molecule has 0 N–H and O–H groups in total. The molecule has 0 unspecified atom stereocenters. The largest absolute Gasteiger partial charge is 0.383 e. The quantitative estimate of drug-likeness (QED) is 0.725. The van der Waals surface area contributed by atoms with Crippen LogP contribution in [0, 0.1) is 13.8 Å². The van der Waals surface area contributed by atoms with Gasteiger partial charge >= 0.3 is 0 Å². The van der Waals surface area contributed by atoms with Gasteiger partial charge in [0.2, 0.25) is 0 Å². The fourth-order valence-electron chi connectivity index (χ4n) is 2.41. The van der Waals surface area contributed by atoms with Crippen molar-refractivity contribution < 1.29 is 4.74 Å². The second-order valence-electron chi connectivity index (χ2n) is 5.33. The zero-order valence-corrected chi connectivity index (χ0v) is 13.5. The number of hydrogen-bond donors (Lipinski definition) is 0. The maximum Gasteiger partial charge on any atom is 0.200 e. The predicted molar refractivity (Wildman–Crippen MR) is 87.8 cm³/mol. The molecule has 0 bridgehead atoms. The Morgan fingerprint density at radius 2 is 2.04 bits per heavy atom. The van der Waals surface area contributed by atoms with Gasteiger partial charge in [-0.05, 0) is 37.6 Å². The minimum absolute atomic E-state index is 0.566. The van der Waals surface area contributed by atoms with Gasteiger partial charge in [0.15, 0.2) is 11.6 Å². The Balaban J connectivity index is 2.08. The van der Waals surface area contributed by atoms with Crippen LogP contribution in [0.25, 0.3) is 22.9 Å². The summed E-state index contributed by atoms with van der Waals surface area (Å²) in [4.78, 5) is 13.4. The lowest BCUT2D eigenvalue weighted by Crippen LogP contribution is -2.08. The monoisotopic (exact) mass is 309 g/mol. The average Bonchev–Trinajstić information content (AvgIpc) is 2.97. The first-order valence-corrected chi connectivity index (χ1v) is 7.48. The second kappa shape index (κ2) is 6.66. The van der Waals surface area contributed by atoms with Gasteiger partial charge in [0, 0.05) is 30.8 Å². The molecule has 0 aliphatic rings. The van der Waals surface area contributed by atoms with Gasteiger partial charge in [-0.3, -0.25) is 9.97 Å². The van der Waals surface area contributed by atoms with Crippen LogP contribution < -0.4 is 0 Å². The van der Waals surface area contributed by atoms with Crippen LogP contribution in [0.1, 0.15) is 11.3 Å².